The number of allylic oxidation sites excluding steroid dienone is 1. The monoisotopic (exact) mass is 253 g/mol. The number of hydrogen-bond acceptors (Lipinski definition) is 1. The Morgan fingerprint density at radius 1 is 0.833 bits per heavy atom. The van der Waals surface area contributed by atoms with Crippen LogP contribution in [-0.4, -0.2) is 6.54 Å². The van der Waals surface area contributed by atoms with Gasteiger partial charge in [-0.3, -0.25) is 0 Å². The van der Waals surface area contributed by atoms with Crippen LogP contribution in [0.4, 0.5) is 0 Å². The number of rotatable bonds is 13. The van der Waals surface area contributed by atoms with Crippen molar-refractivity contribution >= 4 is 0 Å². The summed E-state index contributed by atoms with van der Waals surface area (Å²) in [5, 5.41) is 0. The molecule has 0 heterocycles. The molecular weight excluding hydrogens is 218 g/mol. The molecule has 0 aliphatic carbocycles. The lowest BCUT2D eigenvalue weighted by Crippen LogP contribution is -1.96. The molecule has 0 aromatic rings. The van der Waals surface area contributed by atoms with E-state index < -0.39 is 0 Å². The van der Waals surface area contributed by atoms with Crippen LogP contribution >= 0.6 is 0 Å². The molecule has 0 radical (unpaired) electrons. The Labute approximate surface area is 115 Å². The molecule has 1 heteroatoms. The molecule has 0 aliphatic rings. The highest BCUT2D eigenvalue weighted by molar-refractivity contribution is 4.97. The van der Waals surface area contributed by atoms with Gasteiger partial charge < -0.3 is 5.73 Å². The molecule has 0 saturated carbocycles. The Morgan fingerprint density at radius 2 is 1.33 bits per heavy atom. The first-order valence-corrected chi connectivity index (χ1v) is 8.17. The molecule has 0 aromatic carbocycles. The second kappa shape index (κ2) is 14.8. The van der Waals surface area contributed by atoms with Crippen LogP contribution in [-0.2, 0) is 0 Å². The quantitative estimate of drug-likeness (QED) is 0.336. The van der Waals surface area contributed by atoms with Gasteiger partial charge in [0.2, 0.25) is 0 Å². The Balaban J connectivity index is 3.11. The van der Waals surface area contributed by atoms with Crippen molar-refractivity contribution in [3.8, 4) is 0 Å². The Morgan fingerprint density at radius 3 is 1.83 bits per heavy atom. The standard InChI is InChI=1S/C17H35N/c1-3-4-5-6-7-8-9-10-11-12-14-17(2)15-13-16-18/h15H,3-14,16,18H2,1-2H3. The van der Waals surface area contributed by atoms with Gasteiger partial charge in [-0.05, 0) is 32.7 Å². The first-order valence-electron chi connectivity index (χ1n) is 8.17. The van der Waals surface area contributed by atoms with Gasteiger partial charge in [-0.1, -0.05) is 76.4 Å². The Hall–Kier alpha value is -0.300. The van der Waals surface area contributed by atoms with E-state index in [1.807, 2.05) is 0 Å². The van der Waals surface area contributed by atoms with Crippen LogP contribution in [0.2, 0.25) is 0 Å². The lowest BCUT2D eigenvalue weighted by molar-refractivity contribution is 0.556. The van der Waals surface area contributed by atoms with Crippen molar-refractivity contribution in [2.75, 3.05) is 6.54 Å². The summed E-state index contributed by atoms with van der Waals surface area (Å²) in [6.45, 7) is 5.31. The van der Waals surface area contributed by atoms with E-state index in [1.165, 1.54) is 76.2 Å². The van der Waals surface area contributed by atoms with Crippen molar-refractivity contribution in [2.24, 2.45) is 5.73 Å². The highest BCUT2D eigenvalue weighted by atomic mass is 14.5. The van der Waals surface area contributed by atoms with Gasteiger partial charge in [-0.15, -0.1) is 0 Å². The van der Waals surface area contributed by atoms with Crippen molar-refractivity contribution in [1.29, 1.82) is 0 Å². The second-order valence-electron chi connectivity index (χ2n) is 5.56. The van der Waals surface area contributed by atoms with Crippen LogP contribution in [0.5, 0.6) is 0 Å². The molecule has 0 rings (SSSR count). The minimum Gasteiger partial charge on any atom is -0.330 e. The maximum absolute atomic E-state index is 5.49. The van der Waals surface area contributed by atoms with Gasteiger partial charge in [0.15, 0.2) is 0 Å². The molecule has 0 saturated heterocycles. The predicted molar refractivity (Wildman–Crippen MR) is 83.9 cm³/mol. The minimum absolute atomic E-state index is 0.787. The summed E-state index contributed by atoms with van der Waals surface area (Å²) in [5.74, 6) is 0. The van der Waals surface area contributed by atoms with Gasteiger partial charge in [0.05, 0.1) is 0 Å². The lowest BCUT2D eigenvalue weighted by Gasteiger charge is -2.03. The van der Waals surface area contributed by atoms with Crippen LogP contribution in [0.1, 0.15) is 90.9 Å². The summed E-state index contributed by atoms with van der Waals surface area (Å²) in [6.07, 6.45) is 18.8. The molecule has 0 spiro atoms. The molecule has 0 aliphatic heterocycles. The molecule has 0 bridgehead atoms. The second-order valence-corrected chi connectivity index (χ2v) is 5.56. The average molecular weight is 253 g/mol. The molecule has 108 valence electrons. The first-order chi connectivity index (χ1) is 8.81. The van der Waals surface area contributed by atoms with Crippen molar-refractivity contribution in [1.82, 2.24) is 0 Å². The molecule has 2 N–H and O–H groups in total. The fraction of sp³-hybridized carbons (Fsp3) is 0.882. The molecule has 18 heavy (non-hydrogen) atoms. The number of hydrogen-bond donors (Lipinski definition) is 1. The van der Waals surface area contributed by atoms with Gasteiger partial charge in [0.1, 0.15) is 0 Å². The summed E-state index contributed by atoms with van der Waals surface area (Å²) >= 11 is 0. The lowest BCUT2D eigenvalue weighted by atomic mass is 10.0. The summed E-state index contributed by atoms with van der Waals surface area (Å²) in [6, 6.07) is 0. The van der Waals surface area contributed by atoms with E-state index in [1.54, 1.807) is 0 Å². The third-order valence-corrected chi connectivity index (χ3v) is 3.58. The molecule has 0 aromatic heterocycles. The molecule has 0 amide bonds. The van der Waals surface area contributed by atoms with E-state index in [0.717, 1.165) is 13.0 Å². The summed E-state index contributed by atoms with van der Waals surface area (Å²) in [5.41, 5.74) is 7.01. The van der Waals surface area contributed by atoms with Gasteiger partial charge in [-0.25, -0.2) is 0 Å². The van der Waals surface area contributed by atoms with Gasteiger partial charge in [0.25, 0.3) is 0 Å². The Bertz CT molecular complexity index is 184. The summed E-state index contributed by atoms with van der Waals surface area (Å²) in [7, 11) is 0. The topological polar surface area (TPSA) is 26.0 Å². The van der Waals surface area contributed by atoms with Crippen LogP contribution in [0, 0.1) is 0 Å². The average Bonchev–Trinajstić information content (AvgIpc) is 2.38. The molecule has 0 unspecified atom stereocenters. The largest absolute Gasteiger partial charge is 0.330 e. The Kier molecular flexibility index (Phi) is 14.5. The zero-order valence-electron chi connectivity index (χ0n) is 12.8. The van der Waals surface area contributed by atoms with E-state index >= 15 is 0 Å². The van der Waals surface area contributed by atoms with Crippen molar-refractivity contribution in [3.63, 3.8) is 0 Å². The van der Waals surface area contributed by atoms with Crippen LogP contribution in [0.3, 0.4) is 0 Å². The van der Waals surface area contributed by atoms with Crippen LogP contribution in [0.25, 0.3) is 0 Å². The van der Waals surface area contributed by atoms with Crippen molar-refractivity contribution in [3.05, 3.63) is 11.6 Å². The van der Waals surface area contributed by atoms with Crippen LogP contribution in [0.15, 0.2) is 11.6 Å². The van der Waals surface area contributed by atoms with Gasteiger partial charge in [-0.2, -0.15) is 0 Å². The van der Waals surface area contributed by atoms with E-state index in [4.69, 9.17) is 5.73 Å². The maximum Gasteiger partial charge on any atom is -0.00425 e. The third kappa shape index (κ3) is 13.8. The van der Waals surface area contributed by atoms with Crippen molar-refractivity contribution in [2.45, 2.75) is 90.9 Å². The fourth-order valence-corrected chi connectivity index (χ4v) is 2.32. The number of unbranched alkanes of at least 4 members (excludes halogenated alkanes) is 9. The zero-order valence-corrected chi connectivity index (χ0v) is 12.8. The normalized spacial score (nSPS) is 12.1. The summed E-state index contributed by atoms with van der Waals surface area (Å²) < 4.78 is 0. The SMILES string of the molecule is CCCCCCCCCCCCC(C)=CCCN. The molecular formula is C17H35N. The van der Waals surface area contributed by atoms with Crippen LogP contribution < -0.4 is 5.73 Å². The zero-order chi connectivity index (χ0) is 13.5. The summed E-state index contributed by atoms with van der Waals surface area (Å²) in [4.78, 5) is 0. The van der Waals surface area contributed by atoms with Crippen molar-refractivity contribution < 1.29 is 0 Å². The van der Waals surface area contributed by atoms with Gasteiger partial charge >= 0.3 is 0 Å². The molecule has 0 atom stereocenters. The molecule has 1 nitrogen and oxygen atoms in total. The fourth-order valence-electron chi connectivity index (χ4n) is 2.32. The van der Waals surface area contributed by atoms with E-state index in [2.05, 4.69) is 19.9 Å². The first kappa shape index (κ1) is 17.7. The smallest absolute Gasteiger partial charge is 0.00425 e. The minimum atomic E-state index is 0.787. The highest BCUT2D eigenvalue weighted by Crippen LogP contribution is 2.13. The molecule has 0 fully saturated rings. The highest BCUT2D eigenvalue weighted by Gasteiger charge is 1.94. The third-order valence-electron chi connectivity index (χ3n) is 3.58. The number of nitrogens with two attached hydrogens (primary N) is 1. The van der Waals surface area contributed by atoms with Gasteiger partial charge in [0, 0.05) is 0 Å². The van der Waals surface area contributed by atoms with E-state index in [9.17, 15) is 0 Å². The van der Waals surface area contributed by atoms with E-state index in [0.29, 0.717) is 0 Å². The predicted octanol–water partition coefficient (Wildman–Crippen LogP) is 5.59. The van der Waals surface area contributed by atoms with E-state index in [-0.39, 0.29) is 0 Å². The maximum atomic E-state index is 5.49.